The summed E-state index contributed by atoms with van der Waals surface area (Å²) in [6.45, 7) is 10.2. The van der Waals surface area contributed by atoms with Crippen LogP contribution in [-0.4, -0.2) is 24.7 Å². The Balaban J connectivity index is 2.36. The lowest BCUT2D eigenvalue weighted by atomic mass is 9.89. The second-order valence-electron chi connectivity index (χ2n) is 6.36. The van der Waals surface area contributed by atoms with E-state index in [1.165, 1.54) is 12.1 Å². The number of benzene rings is 1. The number of anilines is 1. The van der Waals surface area contributed by atoms with E-state index in [0.29, 0.717) is 11.6 Å². The minimum Gasteiger partial charge on any atom is -0.365 e. The molecule has 0 spiro atoms. The molecule has 0 saturated carbocycles. The fourth-order valence-electron chi connectivity index (χ4n) is 2.83. The lowest BCUT2D eigenvalue weighted by Gasteiger charge is -2.48. The quantitative estimate of drug-likeness (QED) is 0.912. The van der Waals surface area contributed by atoms with Gasteiger partial charge in [0.05, 0.1) is 0 Å². The van der Waals surface area contributed by atoms with Crippen molar-refractivity contribution in [2.24, 2.45) is 5.92 Å². The number of hydrogen-bond donors (Lipinski definition) is 1. The van der Waals surface area contributed by atoms with Crippen LogP contribution >= 0.6 is 0 Å². The number of nitrogens with zero attached hydrogens (tertiary/aromatic N) is 1. The van der Waals surface area contributed by atoms with Gasteiger partial charge in [-0.25, -0.2) is 8.78 Å². The van der Waals surface area contributed by atoms with Gasteiger partial charge in [0.15, 0.2) is 0 Å². The minimum atomic E-state index is -0.515. The topological polar surface area (TPSA) is 15.3 Å². The Hall–Kier alpha value is -1.16. The van der Waals surface area contributed by atoms with E-state index in [2.05, 4.69) is 37.9 Å². The number of hydrogen-bond acceptors (Lipinski definition) is 2. The highest BCUT2D eigenvalue weighted by Crippen LogP contribution is 2.29. The maximum absolute atomic E-state index is 13.5. The van der Waals surface area contributed by atoms with Crippen molar-refractivity contribution in [2.45, 2.75) is 45.7 Å². The van der Waals surface area contributed by atoms with Gasteiger partial charge in [-0.15, -0.1) is 0 Å². The summed E-state index contributed by atoms with van der Waals surface area (Å²) in [5.41, 5.74) is 0.621. The molecule has 20 heavy (non-hydrogen) atoms. The molecule has 1 aromatic carbocycles. The van der Waals surface area contributed by atoms with Crippen molar-refractivity contribution >= 4 is 5.69 Å². The molecule has 112 valence electrons. The fourth-order valence-corrected chi connectivity index (χ4v) is 2.83. The molecule has 2 unspecified atom stereocenters. The Labute approximate surface area is 120 Å². The first kappa shape index (κ1) is 15.2. The van der Waals surface area contributed by atoms with Crippen LogP contribution in [0, 0.1) is 17.6 Å². The first-order valence-electron chi connectivity index (χ1n) is 7.32. The Kier molecular flexibility index (Phi) is 4.33. The summed E-state index contributed by atoms with van der Waals surface area (Å²) >= 11 is 0. The third kappa shape index (κ3) is 3.11. The monoisotopic (exact) mass is 282 g/mol. The van der Waals surface area contributed by atoms with E-state index in [0.717, 1.165) is 25.6 Å². The second kappa shape index (κ2) is 5.68. The van der Waals surface area contributed by atoms with E-state index in [1.54, 1.807) is 0 Å². The predicted octanol–water partition coefficient (Wildman–Crippen LogP) is 3.57. The number of rotatable bonds is 3. The number of nitrogens with one attached hydrogen (secondary N) is 1. The highest BCUT2D eigenvalue weighted by atomic mass is 19.1. The van der Waals surface area contributed by atoms with E-state index in [1.807, 2.05) is 0 Å². The zero-order chi connectivity index (χ0) is 14.9. The molecule has 0 radical (unpaired) electrons. The molecule has 1 saturated heterocycles. The molecule has 2 atom stereocenters. The molecule has 1 aliphatic rings. The van der Waals surface area contributed by atoms with Crippen LogP contribution in [0.5, 0.6) is 0 Å². The highest BCUT2D eigenvalue weighted by molar-refractivity contribution is 5.49. The number of halogens is 2. The minimum absolute atomic E-state index is 0.0197. The van der Waals surface area contributed by atoms with Gasteiger partial charge in [-0.2, -0.15) is 0 Å². The maximum Gasteiger partial charge on any atom is 0.128 e. The van der Waals surface area contributed by atoms with Crippen LogP contribution in [0.1, 0.15) is 34.1 Å². The Morgan fingerprint density at radius 3 is 2.40 bits per heavy atom. The van der Waals surface area contributed by atoms with Crippen molar-refractivity contribution in [2.75, 3.05) is 18.0 Å². The van der Waals surface area contributed by atoms with Crippen molar-refractivity contribution < 1.29 is 8.78 Å². The largest absolute Gasteiger partial charge is 0.365 e. The molecule has 0 aromatic heterocycles. The van der Waals surface area contributed by atoms with Crippen molar-refractivity contribution in [1.82, 2.24) is 5.32 Å². The molecule has 2 nitrogen and oxygen atoms in total. The van der Waals surface area contributed by atoms with Gasteiger partial charge >= 0.3 is 0 Å². The van der Waals surface area contributed by atoms with Crippen molar-refractivity contribution in [3.8, 4) is 0 Å². The van der Waals surface area contributed by atoms with Crippen molar-refractivity contribution in [1.29, 1.82) is 0 Å². The molecule has 0 bridgehead atoms. The van der Waals surface area contributed by atoms with E-state index in [-0.39, 0.29) is 11.6 Å². The van der Waals surface area contributed by atoms with Crippen LogP contribution < -0.4 is 10.2 Å². The van der Waals surface area contributed by atoms with Crippen molar-refractivity contribution in [3.05, 3.63) is 29.8 Å². The average molecular weight is 282 g/mol. The molecular weight excluding hydrogens is 258 g/mol. The van der Waals surface area contributed by atoms with Crippen LogP contribution in [0.15, 0.2) is 18.2 Å². The molecule has 4 heteroatoms. The van der Waals surface area contributed by atoms with E-state index in [9.17, 15) is 8.78 Å². The molecule has 1 aromatic rings. The van der Waals surface area contributed by atoms with Crippen LogP contribution in [0.25, 0.3) is 0 Å². The van der Waals surface area contributed by atoms with Gasteiger partial charge in [-0.05, 0) is 31.4 Å². The molecule has 1 aliphatic heterocycles. The van der Waals surface area contributed by atoms with Crippen molar-refractivity contribution in [3.63, 3.8) is 0 Å². The summed E-state index contributed by atoms with van der Waals surface area (Å²) in [5, 5.41) is 3.58. The summed E-state index contributed by atoms with van der Waals surface area (Å²) in [6.07, 6.45) is 0.978. The van der Waals surface area contributed by atoms with Gasteiger partial charge in [0.2, 0.25) is 0 Å². The van der Waals surface area contributed by atoms with Crippen LogP contribution in [0.2, 0.25) is 0 Å². The van der Waals surface area contributed by atoms with Crippen LogP contribution in [0.3, 0.4) is 0 Å². The lowest BCUT2D eigenvalue weighted by Crippen LogP contribution is -2.64. The zero-order valence-corrected chi connectivity index (χ0v) is 12.7. The molecule has 1 heterocycles. The average Bonchev–Trinajstić information content (AvgIpc) is 2.37. The normalized spacial score (nSPS) is 27.1. The van der Waals surface area contributed by atoms with Gasteiger partial charge in [0.25, 0.3) is 0 Å². The van der Waals surface area contributed by atoms with Crippen LogP contribution in [-0.2, 0) is 0 Å². The van der Waals surface area contributed by atoms with Gasteiger partial charge in [-0.3, -0.25) is 0 Å². The molecule has 0 amide bonds. The molecule has 2 rings (SSSR count). The van der Waals surface area contributed by atoms with Crippen LogP contribution in [0.4, 0.5) is 14.5 Å². The summed E-state index contributed by atoms with van der Waals surface area (Å²) < 4.78 is 27.0. The summed E-state index contributed by atoms with van der Waals surface area (Å²) in [4.78, 5) is 2.15. The standard InChI is InChI=1S/C16H24F2N2/c1-5-16(4)10-20(15(9-19-16)11(2)3)14-7-12(17)6-13(18)8-14/h6-8,11,15,19H,5,9-10H2,1-4H3. The number of piperazine rings is 1. The molecule has 1 fully saturated rings. The van der Waals surface area contributed by atoms with Gasteiger partial charge in [-0.1, -0.05) is 20.8 Å². The SMILES string of the molecule is CCC1(C)CN(c2cc(F)cc(F)c2)C(C(C)C)CN1. The van der Waals surface area contributed by atoms with Gasteiger partial charge in [0.1, 0.15) is 11.6 Å². The lowest BCUT2D eigenvalue weighted by molar-refractivity contribution is 0.252. The highest BCUT2D eigenvalue weighted by Gasteiger charge is 2.36. The Morgan fingerprint density at radius 2 is 1.90 bits per heavy atom. The third-order valence-corrected chi connectivity index (χ3v) is 4.39. The third-order valence-electron chi connectivity index (χ3n) is 4.39. The summed E-state index contributed by atoms with van der Waals surface area (Å²) in [6, 6.07) is 4.03. The first-order valence-corrected chi connectivity index (χ1v) is 7.32. The Morgan fingerprint density at radius 1 is 1.30 bits per heavy atom. The smallest absolute Gasteiger partial charge is 0.128 e. The Bertz CT molecular complexity index is 455. The maximum atomic E-state index is 13.5. The fraction of sp³-hybridized carbons (Fsp3) is 0.625. The van der Waals surface area contributed by atoms with Gasteiger partial charge in [0, 0.05) is 36.4 Å². The second-order valence-corrected chi connectivity index (χ2v) is 6.36. The van der Waals surface area contributed by atoms with E-state index >= 15 is 0 Å². The summed E-state index contributed by atoms with van der Waals surface area (Å²) in [5.74, 6) is -0.617. The van der Waals surface area contributed by atoms with Gasteiger partial charge < -0.3 is 10.2 Å². The molecular formula is C16H24F2N2. The molecule has 0 aliphatic carbocycles. The van der Waals surface area contributed by atoms with E-state index in [4.69, 9.17) is 0 Å². The summed E-state index contributed by atoms with van der Waals surface area (Å²) in [7, 11) is 0. The van der Waals surface area contributed by atoms with E-state index < -0.39 is 11.6 Å². The zero-order valence-electron chi connectivity index (χ0n) is 12.7. The molecule has 1 N–H and O–H groups in total. The first-order chi connectivity index (χ1) is 9.34. The predicted molar refractivity (Wildman–Crippen MR) is 79.0 cm³/mol.